The minimum Gasteiger partial charge on any atom is -0.424 e. The maximum absolute atomic E-state index is 12.7. The first-order valence-electron chi connectivity index (χ1n) is 10.2. The number of halogens is 4. The molecule has 3 aromatic rings. The van der Waals surface area contributed by atoms with E-state index in [4.69, 9.17) is 16.0 Å². The third-order valence-corrected chi connectivity index (χ3v) is 6.92. The normalized spacial score (nSPS) is 31.0. The third-order valence-electron chi connectivity index (χ3n) is 6.70. The predicted molar refractivity (Wildman–Crippen MR) is 103 cm³/mol. The number of nitrogens with zero attached hydrogens (tertiary/aromatic N) is 4. The lowest BCUT2D eigenvalue weighted by Crippen LogP contribution is -2.76. The van der Waals surface area contributed by atoms with Crippen molar-refractivity contribution < 1.29 is 27.1 Å². The van der Waals surface area contributed by atoms with Gasteiger partial charge in [-0.2, -0.15) is 0 Å². The van der Waals surface area contributed by atoms with Crippen LogP contribution in [-0.4, -0.2) is 43.5 Å². The Morgan fingerprint density at radius 2 is 1.97 bits per heavy atom. The van der Waals surface area contributed by atoms with Crippen LogP contribution in [0, 0.1) is 0 Å². The van der Waals surface area contributed by atoms with Crippen LogP contribution in [-0.2, 0) is 10.2 Å². The van der Waals surface area contributed by atoms with Gasteiger partial charge in [-0.3, -0.25) is 9.53 Å². The number of fused-ring (bicyclic) bond motifs is 1. The molecule has 3 heterocycles. The Morgan fingerprint density at radius 1 is 1.22 bits per heavy atom. The number of rotatable bonds is 5. The minimum absolute atomic E-state index is 0.207. The van der Waals surface area contributed by atoms with Gasteiger partial charge in [-0.1, -0.05) is 11.6 Å². The minimum atomic E-state index is -4.63. The Kier molecular flexibility index (Phi) is 4.02. The van der Waals surface area contributed by atoms with E-state index in [0.29, 0.717) is 47.4 Å². The number of hydrogen-bond donors (Lipinski definition) is 1. The van der Waals surface area contributed by atoms with E-state index in [1.807, 2.05) is 0 Å². The molecule has 0 radical (unpaired) electrons. The number of aromatic nitrogens is 4. The molecule has 168 valence electrons. The lowest BCUT2D eigenvalue weighted by atomic mass is 9.39. The van der Waals surface area contributed by atoms with E-state index in [9.17, 15) is 18.0 Å². The van der Waals surface area contributed by atoms with Crippen LogP contribution in [0.1, 0.15) is 60.3 Å². The van der Waals surface area contributed by atoms with E-state index in [2.05, 4.69) is 25.2 Å². The highest BCUT2D eigenvalue weighted by Gasteiger charge is 2.72. The number of carbonyl (C=O) groups excluding carboxylic acids is 1. The second kappa shape index (κ2) is 6.44. The van der Waals surface area contributed by atoms with Crippen molar-refractivity contribution in [1.29, 1.82) is 0 Å². The van der Waals surface area contributed by atoms with Crippen molar-refractivity contribution in [1.82, 2.24) is 24.9 Å². The highest BCUT2D eigenvalue weighted by atomic mass is 35.5. The lowest BCUT2D eigenvalue weighted by Gasteiger charge is -2.68. The van der Waals surface area contributed by atoms with E-state index >= 15 is 0 Å². The molecule has 7 rings (SSSR count). The number of alkyl halides is 3. The van der Waals surface area contributed by atoms with Crippen molar-refractivity contribution in [2.75, 3.05) is 0 Å². The molecule has 2 bridgehead atoms. The molecule has 8 nitrogen and oxygen atoms in total. The molecular formula is C20H17ClF3N5O3. The van der Waals surface area contributed by atoms with Gasteiger partial charge >= 0.3 is 6.36 Å². The Bertz CT molecular complexity index is 1210. The summed E-state index contributed by atoms with van der Waals surface area (Å²) < 4.78 is 48.3. The van der Waals surface area contributed by atoms with Gasteiger partial charge < -0.3 is 14.1 Å². The number of amides is 1. The summed E-state index contributed by atoms with van der Waals surface area (Å²) in [5.74, 6) is 0.377. The fourth-order valence-electron chi connectivity index (χ4n) is 5.19. The SMILES string of the molecule is O=C(NC12CC(c3nnc(C4CC(OC(F)(F)F)C4)o3)(C1)C2)c1cn2cc(Cl)ccc2n1. The quantitative estimate of drug-likeness (QED) is 0.614. The number of ether oxygens (including phenoxy) is 1. The highest BCUT2D eigenvalue weighted by molar-refractivity contribution is 6.30. The van der Waals surface area contributed by atoms with Crippen molar-refractivity contribution in [3.63, 3.8) is 0 Å². The van der Waals surface area contributed by atoms with Crippen molar-refractivity contribution in [3.8, 4) is 0 Å². The summed E-state index contributed by atoms with van der Waals surface area (Å²) >= 11 is 5.97. The molecule has 32 heavy (non-hydrogen) atoms. The first kappa shape index (κ1) is 20.0. The largest absolute Gasteiger partial charge is 0.522 e. The number of imidazole rings is 1. The molecule has 0 aromatic carbocycles. The van der Waals surface area contributed by atoms with Crippen molar-refractivity contribution in [3.05, 3.63) is 47.0 Å². The zero-order valence-corrected chi connectivity index (χ0v) is 17.3. The molecule has 1 amide bonds. The Morgan fingerprint density at radius 3 is 2.69 bits per heavy atom. The summed E-state index contributed by atoms with van der Waals surface area (Å²) in [7, 11) is 0. The molecule has 4 saturated carbocycles. The molecule has 0 aliphatic heterocycles. The van der Waals surface area contributed by atoms with E-state index in [1.165, 1.54) is 0 Å². The van der Waals surface area contributed by atoms with Crippen LogP contribution in [0.25, 0.3) is 5.65 Å². The van der Waals surface area contributed by atoms with E-state index in [1.54, 1.807) is 28.9 Å². The standard InChI is InChI=1S/C20H17ClF3N5O3/c21-11-1-2-14-25-13(6-29(14)5-11)15(30)26-19-7-18(8-19,9-19)17-28-27-16(31-17)10-3-12(4-10)32-20(22,23)24/h1-2,5-6,10,12H,3-4,7-9H2,(H,26,30). The number of pyridine rings is 1. The van der Waals surface area contributed by atoms with Crippen molar-refractivity contribution in [2.24, 2.45) is 0 Å². The van der Waals surface area contributed by atoms with Gasteiger partial charge in [0.1, 0.15) is 11.3 Å². The summed E-state index contributed by atoms with van der Waals surface area (Å²) in [6, 6.07) is 3.45. The van der Waals surface area contributed by atoms with Crippen LogP contribution in [0.15, 0.2) is 28.9 Å². The monoisotopic (exact) mass is 467 g/mol. The molecule has 1 N–H and O–H groups in total. The number of nitrogens with one attached hydrogen (secondary N) is 1. The molecule has 3 aromatic heterocycles. The zero-order chi connectivity index (χ0) is 22.3. The Hall–Kier alpha value is -2.66. The molecule has 12 heteroatoms. The smallest absolute Gasteiger partial charge is 0.424 e. The number of carbonyl (C=O) groups is 1. The van der Waals surface area contributed by atoms with Gasteiger partial charge in [-0.05, 0) is 44.2 Å². The van der Waals surface area contributed by atoms with Crippen LogP contribution < -0.4 is 5.32 Å². The summed E-state index contributed by atoms with van der Waals surface area (Å²) in [6.45, 7) is 0. The molecule has 0 atom stereocenters. The third kappa shape index (κ3) is 3.17. The van der Waals surface area contributed by atoms with Gasteiger partial charge in [0.2, 0.25) is 11.8 Å². The highest BCUT2D eigenvalue weighted by Crippen LogP contribution is 2.67. The van der Waals surface area contributed by atoms with Gasteiger partial charge in [0.25, 0.3) is 5.91 Å². The van der Waals surface area contributed by atoms with Gasteiger partial charge in [0.05, 0.1) is 16.5 Å². The Labute approximate surface area is 184 Å². The molecule has 4 aliphatic rings. The van der Waals surface area contributed by atoms with Gasteiger partial charge in [-0.25, -0.2) is 4.98 Å². The van der Waals surface area contributed by atoms with Gasteiger partial charge in [0.15, 0.2) is 0 Å². The van der Waals surface area contributed by atoms with Crippen LogP contribution in [0.2, 0.25) is 5.02 Å². The average Bonchev–Trinajstić information content (AvgIpc) is 3.25. The topological polar surface area (TPSA) is 94.5 Å². The maximum Gasteiger partial charge on any atom is 0.522 e. The van der Waals surface area contributed by atoms with Crippen LogP contribution >= 0.6 is 11.6 Å². The fourth-order valence-corrected chi connectivity index (χ4v) is 5.36. The molecule has 0 saturated heterocycles. The average molecular weight is 468 g/mol. The Balaban J connectivity index is 1.06. The summed E-state index contributed by atoms with van der Waals surface area (Å²) in [5, 5.41) is 11.8. The lowest BCUT2D eigenvalue weighted by molar-refractivity contribution is -0.352. The first-order chi connectivity index (χ1) is 15.1. The van der Waals surface area contributed by atoms with E-state index in [0.717, 1.165) is 0 Å². The van der Waals surface area contributed by atoms with Gasteiger partial charge in [-0.15, -0.1) is 23.4 Å². The molecule has 0 unspecified atom stereocenters. The maximum atomic E-state index is 12.7. The van der Waals surface area contributed by atoms with Crippen LogP contribution in [0.5, 0.6) is 0 Å². The van der Waals surface area contributed by atoms with Crippen molar-refractivity contribution >= 4 is 23.2 Å². The van der Waals surface area contributed by atoms with Crippen molar-refractivity contribution in [2.45, 2.75) is 61.4 Å². The number of hydrogen-bond acceptors (Lipinski definition) is 6. The van der Waals surface area contributed by atoms with E-state index < -0.39 is 12.5 Å². The molecule has 4 fully saturated rings. The summed E-state index contributed by atoms with van der Waals surface area (Å²) in [6.07, 6.45) is 0.276. The van der Waals surface area contributed by atoms with E-state index in [-0.39, 0.29) is 35.6 Å². The second-order valence-electron chi connectivity index (χ2n) is 9.08. The second-order valence-corrected chi connectivity index (χ2v) is 9.52. The summed E-state index contributed by atoms with van der Waals surface area (Å²) in [4.78, 5) is 17.0. The van der Waals surface area contributed by atoms with Gasteiger partial charge in [0, 0.05) is 23.9 Å². The zero-order valence-electron chi connectivity index (χ0n) is 16.5. The summed E-state index contributed by atoms with van der Waals surface area (Å²) in [5.41, 5.74) is 0.357. The molecular weight excluding hydrogens is 451 g/mol. The fraction of sp³-hybridized carbons (Fsp3) is 0.500. The predicted octanol–water partition coefficient (Wildman–Crippen LogP) is 3.76. The molecule has 0 spiro atoms. The van der Waals surface area contributed by atoms with Crippen LogP contribution in [0.4, 0.5) is 13.2 Å². The first-order valence-corrected chi connectivity index (χ1v) is 10.6. The molecule has 4 aliphatic carbocycles. The van der Waals surface area contributed by atoms with Crippen LogP contribution in [0.3, 0.4) is 0 Å².